The molecule has 1 heterocycles. The number of fused-ring (bicyclic) bond motifs is 1. The zero-order chi connectivity index (χ0) is 22.0. The van der Waals surface area contributed by atoms with E-state index in [0.29, 0.717) is 29.2 Å². The highest BCUT2D eigenvalue weighted by Crippen LogP contribution is 2.36. The normalized spacial score (nSPS) is 14.0. The standard InChI is InChI=1S/C25H20F2O4/c1-15-7-8-16(2)18(11-15)14-29-19-9-10-20-22(13-19)30-23(24(20)28)12-17-5-3-4-6-21(17)31-25(26)27/h3-13,25H,14H2,1-2H3/b23-12-. The topological polar surface area (TPSA) is 44.8 Å². The average Bonchev–Trinajstić information content (AvgIpc) is 3.04. The first-order valence-corrected chi connectivity index (χ1v) is 9.72. The summed E-state index contributed by atoms with van der Waals surface area (Å²) in [5, 5.41) is 0. The van der Waals surface area contributed by atoms with Crippen LogP contribution in [0.25, 0.3) is 6.08 Å². The van der Waals surface area contributed by atoms with Gasteiger partial charge < -0.3 is 14.2 Å². The number of alkyl halides is 2. The van der Waals surface area contributed by atoms with Crippen molar-refractivity contribution in [2.45, 2.75) is 27.1 Å². The summed E-state index contributed by atoms with van der Waals surface area (Å²) in [5.41, 5.74) is 4.07. The fourth-order valence-electron chi connectivity index (χ4n) is 3.32. The molecule has 158 valence electrons. The quantitative estimate of drug-likeness (QED) is 0.450. The Morgan fingerprint density at radius 2 is 1.84 bits per heavy atom. The van der Waals surface area contributed by atoms with Crippen LogP contribution in [0, 0.1) is 13.8 Å². The van der Waals surface area contributed by atoms with Crippen LogP contribution in [0.1, 0.15) is 32.6 Å². The van der Waals surface area contributed by atoms with Gasteiger partial charge in [-0.05, 0) is 49.2 Å². The summed E-state index contributed by atoms with van der Waals surface area (Å²) in [6.45, 7) is 1.47. The summed E-state index contributed by atoms with van der Waals surface area (Å²) < 4.78 is 41.4. The number of ketones is 1. The number of ether oxygens (including phenoxy) is 3. The predicted molar refractivity (Wildman–Crippen MR) is 113 cm³/mol. The van der Waals surface area contributed by atoms with E-state index in [2.05, 4.69) is 10.8 Å². The molecule has 0 fully saturated rings. The highest BCUT2D eigenvalue weighted by Gasteiger charge is 2.28. The third-order valence-corrected chi connectivity index (χ3v) is 4.96. The Labute approximate surface area is 178 Å². The van der Waals surface area contributed by atoms with E-state index in [4.69, 9.17) is 9.47 Å². The number of hydrogen-bond acceptors (Lipinski definition) is 4. The highest BCUT2D eigenvalue weighted by molar-refractivity contribution is 6.14. The van der Waals surface area contributed by atoms with E-state index in [9.17, 15) is 13.6 Å². The summed E-state index contributed by atoms with van der Waals surface area (Å²) in [7, 11) is 0. The first kappa shape index (κ1) is 20.6. The first-order valence-electron chi connectivity index (χ1n) is 9.72. The molecule has 4 nitrogen and oxygen atoms in total. The fourth-order valence-corrected chi connectivity index (χ4v) is 3.32. The molecular formula is C25H20F2O4. The molecule has 1 aliphatic heterocycles. The van der Waals surface area contributed by atoms with E-state index in [1.165, 1.54) is 12.1 Å². The van der Waals surface area contributed by atoms with Gasteiger partial charge in [0.25, 0.3) is 0 Å². The number of halogens is 2. The second kappa shape index (κ2) is 8.60. The maximum absolute atomic E-state index is 12.7. The number of benzene rings is 3. The Kier molecular flexibility index (Phi) is 5.71. The number of para-hydroxylation sites is 1. The van der Waals surface area contributed by atoms with Crippen LogP contribution in [0.5, 0.6) is 17.2 Å². The second-order valence-electron chi connectivity index (χ2n) is 7.23. The van der Waals surface area contributed by atoms with Crippen LogP contribution in [-0.4, -0.2) is 12.4 Å². The molecule has 0 radical (unpaired) electrons. The van der Waals surface area contributed by atoms with E-state index in [1.54, 1.807) is 36.4 Å². The fraction of sp³-hybridized carbons (Fsp3) is 0.160. The average molecular weight is 422 g/mol. The summed E-state index contributed by atoms with van der Waals surface area (Å²) >= 11 is 0. The largest absolute Gasteiger partial charge is 0.489 e. The number of carbonyl (C=O) groups excluding carboxylic acids is 1. The molecule has 0 aromatic heterocycles. The molecule has 1 aliphatic rings. The van der Waals surface area contributed by atoms with Crippen molar-refractivity contribution in [1.82, 2.24) is 0 Å². The highest BCUT2D eigenvalue weighted by atomic mass is 19.3. The number of aryl methyl sites for hydroxylation is 2. The van der Waals surface area contributed by atoms with Crippen molar-refractivity contribution in [1.29, 1.82) is 0 Å². The van der Waals surface area contributed by atoms with Crippen LogP contribution in [0.4, 0.5) is 8.78 Å². The predicted octanol–water partition coefficient (Wildman–Crippen LogP) is 6.10. The van der Waals surface area contributed by atoms with Gasteiger partial charge in [0.2, 0.25) is 5.78 Å². The van der Waals surface area contributed by atoms with E-state index in [1.807, 2.05) is 26.0 Å². The molecule has 0 atom stereocenters. The van der Waals surface area contributed by atoms with Crippen LogP contribution < -0.4 is 14.2 Å². The van der Waals surface area contributed by atoms with Gasteiger partial charge in [-0.3, -0.25) is 4.79 Å². The van der Waals surface area contributed by atoms with Crippen molar-refractivity contribution in [2.24, 2.45) is 0 Å². The zero-order valence-corrected chi connectivity index (χ0v) is 17.0. The summed E-state index contributed by atoms with van der Waals surface area (Å²) in [4.78, 5) is 12.7. The van der Waals surface area contributed by atoms with Gasteiger partial charge in [0.05, 0.1) is 5.56 Å². The maximum atomic E-state index is 12.7. The zero-order valence-electron chi connectivity index (χ0n) is 17.0. The molecule has 0 saturated heterocycles. The molecule has 0 N–H and O–H groups in total. The Balaban J connectivity index is 1.53. The molecule has 0 spiro atoms. The third-order valence-electron chi connectivity index (χ3n) is 4.96. The van der Waals surface area contributed by atoms with Crippen LogP contribution in [0.2, 0.25) is 0 Å². The molecule has 0 unspecified atom stereocenters. The Morgan fingerprint density at radius 1 is 1.03 bits per heavy atom. The SMILES string of the molecule is Cc1ccc(C)c(COc2ccc3c(c2)O/C(=C\c2ccccc2OC(F)F)C3=O)c1. The molecule has 0 amide bonds. The van der Waals surface area contributed by atoms with Gasteiger partial charge in [-0.15, -0.1) is 0 Å². The van der Waals surface area contributed by atoms with E-state index >= 15 is 0 Å². The lowest BCUT2D eigenvalue weighted by Crippen LogP contribution is -2.04. The molecule has 0 bridgehead atoms. The second-order valence-corrected chi connectivity index (χ2v) is 7.23. The van der Waals surface area contributed by atoms with Crippen LogP contribution >= 0.6 is 0 Å². The van der Waals surface area contributed by atoms with Crippen molar-refractivity contribution in [3.63, 3.8) is 0 Å². The number of Topliss-reactive ketones (excluding diaryl/α,β-unsaturated/α-hetero) is 1. The summed E-state index contributed by atoms with van der Waals surface area (Å²) in [6, 6.07) is 17.4. The molecule has 0 saturated carbocycles. The van der Waals surface area contributed by atoms with Crippen LogP contribution in [-0.2, 0) is 6.61 Å². The Bertz CT molecular complexity index is 1170. The van der Waals surface area contributed by atoms with Crippen molar-refractivity contribution >= 4 is 11.9 Å². The van der Waals surface area contributed by atoms with Gasteiger partial charge in [0.1, 0.15) is 23.9 Å². The van der Waals surface area contributed by atoms with Gasteiger partial charge in [0.15, 0.2) is 5.76 Å². The molecule has 6 heteroatoms. The van der Waals surface area contributed by atoms with Gasteiger partial charge in [-0.25, -0.2) is 0 Å². The Morgan fingerprint density at radius 3 is 2.65 bits per heavy atom. The minimum absolute atomic E-state index is 0.0325. The minimum Gasteiger partial charge on any atom is -0.489 e. The number of allylic oxidation sites excluding steroid dienone is 1. The lowest BCUT2D eigenvalue weighted by molar-refractivity contribution is -0.0499. The molecule has 3 aromatic carbocycles. The van der Waals surface area contributed by atoms with Crippen LogP contribution in [0.3, 0.4) is 0 Å². The molecule has 4 rings (SSSR count). The van der Waals surface area contributed by atoms with Gasteiger partial charge in [0, 0.05) is 11.6 Å². The summed E-state index contributed by atoms with van der Waals surface area (Å²) in [6.07, 6.45) is 1.40. The van der Waals surface area contributed by atoms with E-state index in [-0.39, 0.29) is 17.3 Å². The minimum atomic E-state index is -2.96. The molecule has 31 heavy (non-hydrogen) atoms. The van der Waals surface area contributed by atoms with Crippen molar-refractivity contribution in [2.75, 3.05) is 0 Å². The van der Waals surface area contributed by atoms with E-state index < -0.39 is 6.61 Å². The smallest absolute Gasteiger partial charge is 0.387 e. The van der Waals surface area contributed by atoms with Crippen molar-refractivity contribution in [3.8, 4) is 17.2 Å². The maximum Gasteiger partial charge on any atom is 0.387 e. The lowest BCUT2D eigenvalue weighted by Gasteiger charge is -2.10. The van der Waals surface area contributed by atoms with Gasteiger partial charge in [-0.2, -0.15) is 8.78 Å². The van der Waals surface area contributed by atoms with E-state index in [0.717, 1.165) is 16.7 Å². The monoisotopic (exact) mass is 422 g/mol. The van der Waals surface area contributed by atoms with Gasteiger partial charge in [-0.1, -0.05) is 42.0 Å². The molecular weight excluding hydrogens is 402 g/mol. The number of carbonyl (C=O) groups is 1. The molecule has 3 aromatic rings. The number of rotatable bonds is 6. The van der Waals surface area contributed by atoms with Gasteiger partial charge >= 0.3 is 6.61 Å². The number of hydrogen-bond donors (Lipinski definition) is 0. The lowest BCUT2D eigenvalue weighted by atomic mass is 10.1. The Hall–Kier alpha value is -3.67. The van der Waals surface area contributed by atoms with Crippen molar-refractivity contribution < 1.29 is 27.8 Å². The summed E-state index contributed by atoms with van der Waals surface area (Å²) in [5.74, 6) is 0.599. The van der Waals surface area contributed by atoms with Crippen molar-refractivity contribution in [3.05, 3.63) is 94.2 Å². The third kappa shape index (κ3) is 4.58. The van der Waals surface area contributed by atoms with Crippen LogP contribution in [0.15, 0.2) is 66.4 Å². The molecule has 0 aliphatic carbocycles. The first-order chi connectivity index (χ1) is 14.9.